The van der Waals surface area contributed by atoms with E-state index in [1.165, 1.54) is 11.1 Å². The fraction of sp³-hybridized carbons (Fsp3) is 0.333. The molecule has 2 nitrogen and oxygen atoms in total. The highest BCUT2D eigenvalue weighted by molar-refractivity contribution is 6.18. The molecule has 2 unspecified atom stereocenters. The zero-order chi connectivity index (χ0) is 14.9. The van der Waals surface area contributed by atoms with Gasteiger partial charge in [-0.3, -0.25) is 0 Å². The van der Waals surface area contributed by atoms with E-state index in [0.717, 1.165) is 12.8 Å². The highest BCUT2D eigenvalue weighted by Gasteiger charge is 2.13. The van der Waals surface area contributed by atoms with Gasteiger partial charge in [0.25, 0.3) is 0 Å². The standard InChI is InChI=1S/C18H24O2Si/c1-3-17(15-11-7-5-8-12-15)19-21-20-18(4-2)16-13-9-6-10-14-16/h5-14,17-18H,3-4,21H2,1-2H3. The summed E-state index contributed by atoms with van der Waals surface area (Å²) in [5, 5.41) is 0. The molecule has 0 amide bonds. The first-order valence-corrected chi connectivity index (χ1v) is 8.83. The fourth-order valence-electron chi connectivity index (χ4n) is 2.44. The molecule has 0 N–H and O–H groups in total. The lowest BCUT2D eigenvalue weighted by atomic mass is 10.1. The van der Waals surface area contributed by atoms with E-state index < -0.39 is 10.0 Å². The summed E-state index contributed by atoms with van der Waals surface area (Å²) in [6.07, 6.45) is 2.27. The third kappa shape index (κ3) is 4.81. The van der Waals surface area contributed by atoms with Crippen molar-refractivity contribution >= 4 is 10.0 Å². The summed E-state index contributed by atoms with van der Waals surface area (Å²) < 4.78 is 12.1. The average Bonchev–Trinajstić information content (AvgIpc) is 2.57. The summed E-state index contributed by atoms with van der Waals surface area (Å²) in [6, 6.07) is 20.8. The number of benzene rings is 2. The summed E-state index contributed by atoms with van der Waals surface area (Å²) in [5.74, 6) is 0. The summed E-state index contributed by atoms with van der Waals surface area (Å²) in [6.45, 7) is 4.31. The Morgan fingerprint density at radius 2 is 1.10 bits per heavy atom. The van der Waals surface area contributed by atoms with Crippen molar-refractivity contribution in [2.45, 2.75) is 38.9 Å². The van der Waals surface area contributed by atoms with Crippen LogP contribution in [0.25, 0.3) is 0 Å². The highest BCUT2D eigenvalue weighted by Crippen LogP contribution is 2.23. The van der Waals surface area contributed by atoms with Gasteiger partial charge in [0.05, 0.1) is 12.2 Å². The van der Waals surface area contributed by atoms with Crippen LogP contribution in [0.4, 0.5) is 0 Å². The molecular formula is C18H24O2Si. The summed E-state index contributed by atoms with van der Waals surface area (Å²) in [4.78, 5) is 0. The lowest BCUT2D eigenvalue weighted by Crippen LogP contribution is -2.14. The van der Waals surface area contributed by atoms with Gasteiger partial charge in [-0.15, -0.1) is 0 Å². The Bertz CT molecular complexity index is 454. The Kier molecular flexibility index (Phi) is 6.67. The molecule has 0 bridgehead atoms. The second kappa shape index (κ2) is 8.77. The molecule has 0 radical (unpaired) electrons. The van der Waals surface area contributed by atoms with E-state index in [-0.39, 0.29) is 12.2 Å². The van der Waals surface area contributed by atoms with Gasteiger partial charge in [0, 0.05) is 0 Å². The number of hydrogen-bond donors (Lipinski definition) is 0. The zero-order valence-corrected chi connectivity index (χ0v) is 14.3. The van der Waals surface area contributed by atoms with Crippen LogP contribution in [0.5, 0.6) is 0 Å². The van der Waals surface area contributed by atoms with Gasteiger partial charge in [-0.1, -0.05) is 74.5 Å². The van der Waals surface area contributed by atoms with Crippen LogP contribution in [-0.4, -0.2) is 10.0 Å². The third-order valence-corrected chi connectivity index (χ3v) is 4.70. The zero-order valence-electron chi connectivity index (χ0n) is 12.9. The van der Waals surface area contributed by atoms with Crippen LogP contribution >= 0.6 is 0 Å². The summed E-state index contributed by atoms with van der Waals surface area (Å²) >= 11 is 0. The Labute approximate surface area is 130 Å². The molecule has 0 heterocycles. The van der Waals surface area contributed by atoms with Crippen LogP contribution in [0.15, 0.2) is 60.7 Å². The smallest absolute Gasteiger partial charge is 0.305 e. The molecular weight excluding hydrogens is 276 g/mol. The van der Waals surface area contributed by atoms with Gasteiger partial charge in [-0.25, -0.2) is 0 Å². The highest BCUT2D eigenvalue weighted by atomic mass is 28.3. The second-order valence-electron chi connectivity index (χ2n) is 5.07. The Morgan fingerprint density at radius 3 is 1.43 bits per heavy atom. The molecule has 2 atom stereocenters. The monoisotopic (exact) mass is 300 g/mol. The van der Waals surface area contributed by atoms with Gasteiger partial charge >= 0.3 is 10.0 Å². The molecule has 0 aliphatic heterocycles. The van der Waals surface area contributed by atoms with E-state index in [0.29, 0.717) is 0 Å². The molecule has 21 heavy (non-hydrogen) atoms. The largest absolute Gasteiger partial charge is 0.392 e. The van der Waals surface area contributed by atoms with Crippen molar-refractivity contribution in [3.63, 3.8) is 0 Å². The lowest BCUT2D eigenvalue weighted by molar-refractivity contribution is 0.115. The quantitative estimate of drug-likeness (QED) is 0.676. The van der Waals surface area contributed by atoms with Crippen molar-refractivity contribution in [2.75, 3.05) is 0 Å². The number of hydrogen-bond acceptors (Lipinski definition) is 2. The van der Waals surface area contributed by atoms with Crippen LogP contribution < -0.4 is 0 Å². The maximum atomic E-state index is 6.05. The van der Waals surface area contributed by atoms with E-state index >= 15 is 0 Å². The van der Waals surface area contributed by atoms with Crippen LogP contribution in [0.1, 0.15) is 50.0 Å². The van der Waals surface area contributed by atoms with Crippen LogP contribution in [0.2, 0.25) is 0 Å². The molecule has 0 spiro atoms. The second-order valence-corrected chi connectivity index (χ2v) is 5.97. The van der Waals surface area contributed by atoms with E-state index in [2.05, 4.69) is 62.4 Å². The first kappa shape index (κ1) is 16.0. The van der Waals surface area contributed by atoms with Gasteiger partial charge < -0.3 is 8.85 Å². The van der Waals surface area contributed by atoms with Crippen LogP contribution in [-0.2, 0) is 8.85 Å². The Balaban J connectivity index is 1.87. The van der Waals surface area contributed by atoms with Crippen LogP contribution in [0.3, 0.4) is 0 Å². The van der Waals surface area contributed by atoms with Crippen molar-refractivity contribution in [3.05, 3.63) is 71.8 Å². The SMILES string of the molecule is CCC(O[SiH2]OC(CC)c1ccccc1)c1ccccc1. The molecule has 2 aromatic rings. The Morgan fingerprint density at radius 1 is 0.714 bits per heavy atom. The molecule has 112 valence electrons. The van der Waals surface area contributed by atoms with E-state index in [4.69, 9.17) is 8.85 Å². The van der Waals surface area contributed by atoms with Gasteiger partial charge in [-0.05, 0) is 24.0 Å². The normalized spacial score (nSPS) is 14.4. The Hall–Kier alpha value is -1.42. The van der Waals surface area contributed by atoms with Crippen molar-refractivity contribution in [2.24, 2.45) is 0 Å². The summed E-state index contributed by atoms with van der Waals surface area (Å²) in [5.41, 5.74) is 2.48. The predicted molar refractivity (Wildman–Crippen MR) is 89.7 cm³/mol. The topological polar surface area (TPSA) is 18.5 Å². The minimum absolute atomic E-state index is 0.158. The molecule has 0 aliphatic carbocycles. The lowest BCUT2D eigenvalue weighted by Gasteiger charge is -2.20. The van der Waals surface area contributed by atoms with Crippen molar-refractivity contribution in [3.8, 4) is 0 Å². The first-order valence-electron chi connectivity index (χ1n) is 7.68. The molecule has 3 heteroatoms. The molecule has 0 saturated heterocycles. The van der Waals surface area contributed by atoms with Gasteiger partial charge in [0.15, 0.2) is 0 Å². The summed E-state index contributed by atoms with van der Waals surface area (Å²) in [7, 11) is -0.993. The molecule has 0 aliphatic rings. The minimum atomic E-state index is -0.993. The van der Waals surface area contributed by atoms with Gasteiger partial charge in [0.1, 0.15) is 0 Å². The maximum Gasteiger partial charge on any atom is 0.305 e. The molecule has 0 saturated carbocycles. The minimum Gasteiger partial charge on any atom is -0.392 e. The third-order valence-electron chi connectivity index (χ3n) is 3.62. The van der Waals surface area contributed by atoms with E-state index in [1.807, 2.05) is 12.1 Å². The molecule has 0 aromatic heterocycles. The van der Waals surface area contributed by atoms with E-state index in [1.54, 1.807) is 0 Å². The van der Waals surface area contributed by atoms with Crippen molar-refractivity contribution in [1.29, 1.82) is 0 Å². The molecule has 0 fully saturated rings. The van der Waals surface area contributed by atoms with Gasteiger partial charge in [-0.2, -0.15) is 0 Å². The predicted octanol–water partition coefficient (Wildman–Crippen LogP) is 4.32. The van der Waals surface area contributed by atoms with Crippen molar-refractivity contribution in [1.82, 2.24) is 0 Å². The average molecular weight is 300 g/mol. The first-order chi connectivity index (χ1) is 10.3. The van der Waals surface area contributed by atoms with Crippen molar-refractivity contribution < 1.29 is 8.85 Å². The van der Waals surface area contributed by atoms with Gasteiger partial charge in [0.2, 0.25) is 0 Å². The number of rotatable bonds is 8. The molecule has 2 rings (SSSR count). The maximum absolute atomic E-state index is 6.05. The van der Waals surface area contributed by atoms with E-state index in [9.17, 15) is 0 Å². The fourth-order valence-corrected chi connectivity index (χ4v) is 3.70. The molecule has 2 aromatic carbocycles. The van der Waals surface area contributed by atoms with Crippen LogP contribution in [0, 0.1) is 0 Å².